The van der Waals surface area contributed by atoms with Crippen LogP contribution in [0.2, 0.25) is 0 Å². The van der Waals surface area contributed by atoms with E-state index in [-0.39, 0.29) is 10.7 Å². The average molecular weight is 385 g/mol. The first-order chi connectivity index (χ1) is 12.8. The quantitative estimate of drug-likeness (QED) is 0.575. The molecule has 2 aromatic rings. The van der Waals surface area contributed by atoms with Gasteiger partial charge in [0.15, 0.2) is 5.76 Å². The lowest BCUT2D eigenvalue weighted by Crippen LogP contribution is -2.16. The fraction of sp³-hybridized carbons (Fsp3) is 0.158. The van der Waals surface area contributed by atoms with Crippen LogP contribution in [0, 0.1) is 18.3 Å². The molecule has 0 bridgehead atoms. The Balaban J connectivity index is 2.47. The van der Waals surface area contributed by atoms with E-state index in [1.165, 1.54) is 50.5 Å². The number of sulfonamides is 1. The molecule has 0 unspecified atom stereocenters. The molecule has 27 heavy (non-hydrogen) atoms. The van der Waals surface area contributed by atoms with Crippen molar-refractivity contribution in [1.29, 1.82) is 5.26 Å². The van der Waals surface area contributed by atoms with Gasteiger partial charge in [-0.1, -0.05) is 17.8 Å². The fourth-order valence-corrected chi connectivity index (χ4v) is 3.46. The molecule has 0 fully saturated rings. The largest absolute Gasteiger partial charge is 0.500 e. The summed E-state index contributed by atoms with van der Waals surface area (Å²) < 4.78 is 38.6. The summed E-state index contributed by atoms with van der Waals surface area (Å²) in [5.41, 5.74) is 1.84. The average Bonchev–Trinajstić information content (AvgIpc) is 3.08. The van der Waals surface area contributed by atoms with E-state index in [4.69, 9.17) is 14.5 Å². The van der Waals surface area contributed by atoms with Gasteiger partial charge in [0.05, 0.1) is 24.4 Å². The molecule has 0 aliphatic carbocycles. The molecule has 1 aromatic carbocycles. The van der Waals surface area contributed by atoms with Crippen molar-refractivity contribution in [1.82, 2.24) is 5.16 Å². The maximum Gasteiger partial charge on any atom is 0.265 e. The van der Waals surface area contributed by atoms with Crippen LogP contribution in [-0.4, -0.2) is 20.7 Å². The molecule has 7 nitrogen and oxygen atoms in total. The van der Waals surface area contributed by atoms with Gasteiger partial charge in [0.1, 0.15) is 10.7 Å². The van der Waals surface area contributed by atoms with Crippen molar-refractivity contribution in [3.05, 3.63) is 76.7 Å². The third kappa shape index (κ3) is 4.86. The van der Waals surface area contributed by atoms with Gasteiger partial charge in [-0.05, 0) is 44.2 Å². The van der Waals surface area contributed by atoms with Crippen LogP contribution in [0.3, 0.4) is 0 Å². The molecule has 1 heterocycles. The number of anilines is 1. The van der Waals surface area contributed by atoms with Crippen molar-refractivity contribution in [3.63, 3.8) is 0 Å². The predicted octanol–water partition coefficient (Wildman–Crippen LogP) is 3.74. The number of rotatable bonds is 7. The molecule has 140 valence electrons. The lowest BCUT2D eigenvalue weighted by atomic mass is 10.1. The van der Waals surface area contributed by atoms with Gasteiger partial charge >= 0.3 is 0 Å². The SMILES string of the molecule is C=C/C(=C\C(=C(/C)OC)S(=O)(=O)Nc1ccc(C#N)cc1)c1cc(C)no1. The molecule has 0 amide bonds. The van der Waals surface area contributed by atoms with Gasteiger partial charge in [0.25, 0.3) is 10.0 Å². The fourth-order valence-electron chi connectivity index (χ4n) is 2.16. The second-order valence-electron chi connectivity index (χ2n) is 5.56. The molecule has 0 aliphatic rings. The number of hydrogen-bond acceptors (Lipinski definition) is 6. The normalized spacial score (nSPS) is 12.7. The number of nitriles is 1. The highest BCUT2D eigenvalue weighted by Gasteiger charge is 2.21. The summed E-state index contributed by atoms with van der Waals surface area (Å²) >= 11 is 0. The number of benzene rings is 1. The first-order valence-electron chi connectivity index (χ1n) is 7.86. The smallest absolute Gasteiger partial charge is 0.265 e. The summed E-state index contributed by atoms with van der Waals surface area (Å²) in [6, 6.07) is 9.71. The summed E-state index contributed by atoms with van der Waals surface area (Å²) in [5.74, 6) is 0.573. The van der Waals surface area contributed by atoms with E-state index in [9.17, 15) is 8.42 Å². The Morgan fingerprint density at radius 3 is 2.52 bits per heavy atom. The number of hydrogen-bond donors (Lipinski definition) is 1. The minimum atomic E-state index is -3.98. The van der Waals surface area contributed by atoms with Crippen molar-refractivity contribution < 1.29 is 17.7 Å². The zero-order valence-corrected chi connectivity index (χ0v) is 16.0. The summed E-state index contributed by atoms with van der Waals surface area (Å²) in [6.45, 7) is 7.00. The molecule has 0 atom stereocenters. The first-order valence-corrected chi connectivity index (χ1v) is 9.34. The summed E-state index contributed by atoms with van der Waals surface area (Å²) in [5, 5.41) is 12.6. The zero-order chi connectivity index (χ0) is 20.0. The van der Waals surface area contributed by atoms with E-state index in [1.807, 2.05) is 6.07 Å². The number of aryl methyl sites for hydroxylation is 1. The van der Waals surface area contributed by atoms with Crippen molar-refractivity contribution in [2.24, 2.45) is 0 Å². The standard InChI is InChI=1S/C19H19N3O4S/c1-5-16(18-10-13(2)21-26-18)11-19(14(3)25-4)27(23,24)22-17-8-6-15(12-20)7-9-17/h5-11,22H,1H2,2-4H3/b16-11+,19-14-. The van der Waals surface area contributed by atoms with Crippen molar-refractivity contribution in [2.75, 3.05) is 11.8 Å². The van der Waals surface area contributed by atoms with E-state index in [2.05, 4.69) is 16.5 Å². The van der Waals surface area contributed by atoms with E-state index >= 15 is 0 Å². The van der Waals surface area contributed by atoms with Gasteiger partial charge in [0, 0.05) is 17.3 Å². The minimum absolute atomic E-state index is 0.0849. The Kier molecular flexibility index (Phi) is 6.21. The number of ether oxygens (including phenoxy) is 1. The molecule has 0 radical (unpaired) electrons. The van der Waals surface area contributed by atoms with Crippen molar-refractivity contribution >= 4 is 21.3 Å². The van der Waals surface area contributed by atoms with Crippen LogP contribution in [0.15, 0.2) is 64.3 Å². The van der Waals surface area contributed by atoms with Crippen LogP contribution >= 0.6 is 0 Å². The van der Waals surface area contributed by atoms with Crippen LogP contribution in [0.1, 0.15) is 23.9 Å². The number of aromatic nitrogens is 1. The Hall–Kier alpha value is -3.31. The molecular weight excluding hydrogens is 366 g/mol. The molecular formula is C19H19N3O4S. The van der Waals surface area contributed by atoms with Gasteiger partial charge in [0.2, 0.25) is 0 Å². The second-order valence-corrected chi connectivity index (χ2v) is 7.21. The van der Waals surface area contributed by atoms with E-state index in [0.717, 1.165) is 0 Å². The Morgan fingerprint density at radius 1 is 1.37 bits per heavy atom. The topological polar surface area (TPSA) is 105 Å². The van der Waals surface area contributed by atoms with Crippen LogP contribution in [0.5, 0.6) is 0 Å². The Bertz CT molecular complexity index is 1040. The van der Waals surface area contributed by atoms with Gasteiger partial charge in [-0.25, -0.2) is 8.42 Å². The summed E-state index contributed by atoms with van der Waals surface area (Å²) in [6.07, 6.45) is 2.87. The molecule has 1 N–H and O–H groups in total. The lowest BCUT2D eigenvalue weighted by molar-refractivity contribution is 0.292. The Morgan fingerprint density at radius 2 is 2.04 bits per heavy atom. The highest BCUT2D eigenvalue weighted by molar-refractivity contribution is 7.96. The third-order valence-corrected chi connectivity index (χ3v) is 5.12. The van der Waals surface area contributed by atoms with Crippen LogP contribution < -0.4 is 4.72 Å². The van der Waals surface area contributed by atoms with Gasteiger partial charge in [-0.3, -0.25) is 4.72 Å². The first kappa shape index (κ1) is 20.0. The number of nitrogens with one attached hydrogen (secondary N) is 1. The third-order valence-electron chi connectivity index (χ3n) is 3.63. The molecule has 0 saturated heterocycles. The number of allylic oxidation sites excluding steroid dienone is 4. The number of nitrogens with zero attached hydrogens (tertiary/aromatic N) is 2. The molecule has 2 rings (SSSR count). The van der Waals surface area contributed by atoms with Crippen LogP contribution in [0.25, 0.3) is 5.57 Å². The molecule has 0 spiro atoms. The highest BCUT2D eigenvalue weighted by atomic mass is 32.2. The molecule has 1 aromatic heterocycles. The van der Waals surface area contributed by atoms with E-state index < -0.39 is 10.0 Å². The maximum atomic E-state index is 12.9. The van der Waals surface area contributed by atoms with Gasteiger partial charge in [-0.15, -0.1) is 0 Å². The van der Waals surface area contributed by atoms with Gasteiger partial charge < -0.3 is 9.26 Å². The second kappa shape index (κ2) is 8.38. The van der Waals surface area contributed by atoms with E-state index in [1.54, 1.807) is 13.0 Å². The monoisotopic (exact) mass is 385 g/mol. The molecule has 0 aliphatic heterocycles. The maximum absolute atomic E-state index is 12.9. The molecule has 8 heteroatoms. The Labute approximate surface area is 158 Å². The molecule has 0 saturated carbocycles. The van der Waals surface area contributed by atoms with E-state index in [0.29, 0.717) is 28.3 Å². The van der Waals surface area contributed by atoms with Crippen molar-refractivity contribution in [3.8, 4) is 6.07 Å². The zero-order valence-electron chi connectivity index (χ0n) is 15.2. The summed E-state index contributed by atoms with van der Waals surface area (Å²) in [7, 11) is -2.60. The summed E-state index contributed by atoms with van der Waals surface area (Å²) in [4.78, 5) is -0.0849. The van der Waals surface area contributed by atoms with Crippen LogP contribution in [-0.2, 0) is 14.8 Å². The number of methoxy groups -OCH3 is 1. The van der Waals surface area contributed by atoms with Crippen molar-refractivity contribution in [2.45, 2.75) is 13.8 Å². The van der Waals surface area contributed by atoms with Gasteiger partial charge in [-0.2, -0.15) is 5.26 Å². The lowest BCUT2D eigenvalue weighted by Gasteiger charge is -2.12. The van der Waals surface area contributed by atoms with Crippen LogP contribution in [0.4, 0.5) is 5.69 Å². The predicted molar refractivity (Wildman–Crippen MR) is 103 cm³/mol. The minimum Gasteiger partial charge on any atom is -0.500 e. The highest BCUT2D eigenvalue weighted by Crippen LogP contribution is 2.25.